The highest BCUT2D eigenvalue weighted by molar-refractivity contribution is 5.61. The molecule has 0 saturated heterocycles. The summed E-state index contributed by atoms with van der Waals surface area (Å²) in [5.41, 5.74) is 4.81. The van der Waals surface area contributed by atoms with Gasteiger partial charge in [0.05, 0.1) is 11.4 Å². The lowest BCUT2D eigenvalue weighted by Crippen LogP contribution is -2.09. The van der Waals surface area contributed by atoms with E-state index in [1.807, 2.05) is 36.7 Å². The zero-order valence-electron chi connectivity index (χ0n) is 14.6. The van der Waals surface area contributed by atoms with Crippen LogP contribution in [-0.4, -0.2) is 9.97 Å². The van der Waals surface area contributed by atoms with E-state index in [-0.39, 0.29) is 5.41 Å². The summed E-state index contributed by atoms with van der Waals surface area (Å²) in [6, 6.07) is 12.1. The van der Waals surface area contributed by atoms with Crippen molar-refractivity contribution >= 4 is 11.1 Å². The first kappa shape index (κ1) is 17.1. The predicted molar refractivity (Wildman–Crippen MR) is 98.8 cm³/mol. The molecule has 2 aromatic heterocycles. The van der Waals surface area contributed by atoms with Crippen LogP contribution in [0, 0.1) is 5.41 Å². The Morgan fingerprint density at radius 1 is 0.826 bits per heavy atom. The highest BCUT2D eigenvalue weighted by atomic mass is 14.7. The fourth-order valence-electron chi connectivity index (χ4n) is 2.34. The monoisotopic (exact) mass is 306 g/mol. The first-order valence-electron chi connectivity index (χ1n) is 8.14. The standard InChI is InChI=1S/C21H26N2/c1-17(19-9-5-7-15-22-19)11-13-21(3,4)14-12-18(2)20-10-6-8-16-23-20/h5-12,15-16H,13-14H2,1-4H3/b17-11+,18-12+. The van der Waals surface area contributed by atoms with Gasteiger partial charge in [0.2, 0.25) is 0 Å². The SMILES string of the molecule is C/C(=C\CC(C)(C)C/C=C(\C)c1ccccn1)c1ccccn1. The highest BCUT2D eigenvalue weighted by Gasteiger charge is 2.15. The number of pyridine rings is 2. The average molecular weight is 306 g/mol. The van der Waals surface area contributed by atoms with Gasteiger partial charge in [-0.25, -0.2) is 0 Å². The minimum absolute atomic E-state index is 0.214. The molecule has 0 atom stereocenters. The highest BCUT2D eigenvalue weighted by Crippen LogP contribution is 2.29. The molecule has 0 aliphatic carbocycles. The van der Waals surface area contributed by atoms with Crippen molar-refractivity contribution in [3.63, 3.8) is 0 Å². The lowest BCUT2D eigenvalue weighted by atomic mass is 9.84. The fourth-order valence-corrected chi connectivity index (χ4v) is 2.34. The Bertz CT molecular complexity index is 608. The summed E-state index contributed by atoms with van der Waals surface area (Å²) in [4.78, 5) is 8.81. The topological polar surface area (TPSA) is 25.8 Å². The van der Waals surface area contributed by atoms with E-state index < -0.39 is 0 Å². The molecular formula is C21H26N2. The van der Waals surface area contributed by atoms with Crippen LogP contribution in [0.3, 0.4) is 0 Å². The number of hydrogen-bond acceptors (Lipinski definition) is 2. The summed E-state index contributed by atoms with van der Waals surface area (Å²) < 4.78 is 0. The molecule has 0 saturated carbocycles. The molecule has 0 aliphatic heterocycles. The summed E-state index contributed by atoms with van der Waals surface area (Å²) in [6.07, 6.45) is 10.3. The molecule has 2 nitrogen and oxygen atoms in total. The van der Waals surface area contributed by atoms with Crippen molar-refractivity contribution in [1.82, 2.24) is 9.97 Å². The summed E-state index contributed by atoms with van der Waals surface area (Å²) in [7, 11) is 0. The number of nitrogens with zero attached hydrogens (tertiary/aromatic N) is 2. The zero-order chi connectivity index (χ0) is 16.7. The van der Waals surface area contributed by atoms with Gasteiger partial charge in [0.1, 0.15) is 0 Å². The number of hydrogen-bond donors (Lipinski definition) is 0. The second kappa shape index (κ2) is 7.87. The van der Waals surface area contributed by atoms with Gasteiger partial charge in [0, 0.05) is 12.4 Å². The van der Waals surface area contributed by atoms with Crippen molar-refractivity contribution in [2.45, 2.75) is 40.5 Å². The third kappa shape index (κ3) is 5.48. The molecule has 0 radical (unpaired) electrons. The van der Waals surface area contributed by atoms with Crippen molar-refractivity contribution in [3.8, 4) is 0 Å². The van der Waals surface area contributed by atoms with E-state index in [0.717, 1.165) is 24.2 Å². The lowest BCUT2D eigenvalue weighted by molar-refractivity contribution is 0.377. The fraction of sp³-hybridized carbons (Fsp3) is 0.333. The molecule has 0 amide bonds. The Kier molecular flexibility index (Phi) is 5.86. The van der Waals surface area contributed by atoms with E-state index in [9.17, 15) is 0 Å². The average Bonchev–Trinajstić information content (AvgIpc) is 2.59. The summed E-state index contributed by atoms with van der Waals surface area (Å²) >= 11 is 0. The zero-order valence-corrected chi connectivity index (χ0v) is 14.6. The molecule has 2 heterocycles. The van der Waals surface area contributed by atoms with Crippen molar-refractivity contribution in [1.29, 1.82) is 0 Å². The molecule has 120 valence electrons. The van der Waals surface area contributed by atoms with Crippen molar-refractivity contribution in [2.24, 2.45) is 5.41 Å². The predicted octanol–water partition coefficient (Wildman–Crippen LogP) is 5.79. The van der Waals surface area contributed by atoms with Gasteiger partial charge in [-0.15, -0.1) is 0 Å². The maximum Gasteiger partial charge on any atom is 0.0655 e. The molecule has 0 aromatic carbocycles. The van der Waals surface area contributed by atoms with Gasteiger partial charge in [-0.3, -0.25) is 9.97 Å². The van der Waals surface area contributed by atoms with Gasteiger partial charge < -0.3 is 0 Å². The Hall–Kier alpha value is -2.22. The van der Waals surface area contributed by atoms with E-state index in [4.69, 9.17) is 0 Å². The molecule has 2 rings (SSSR count). The molecule has 0 unspecified atom stereocenters. The van der Waals surface area contributed by atoms with Crippen LogP contribution in [0.5, 0.6) is 0 Å². The second-order valence-electron chi connectivity index (χ2n) is 6.78. The largest absolute Gasteiger partial charge is 0.257 e. The third-order valence-electron chi connectivity index (χ3n) is 4.06. The van der Waals surface area contributed by atoms with Crippen molar-refractivity contribution in [3.05, 3.63) is 72.3 Å². The molecule has 23 heavy (non-hydrogen) atoms. The number of rotatable bonds is 6. The summed E-state index contributed by atoms with van der Waals surface area (Å²) in [6.45, 7) is 8.87. The molecule has 2 aromatic rings. The van der Waals surface area contributed by atoms with Gasteiger partial charge in [-0.1, -0.05) is 38.1 Å². The van der Waals surface area contributed by atoms with Crippen LogP contribution in [0.2, 0.25) is 0 Å². The van der Waals surface area contributed by atoms with Crippen LogP contribution in [-0.2, 0) is 0 Å². The van der Waals surface area contributed by atoms with Crippen LogP contribution >= 0.6 is 0 Å². The van der Waals surface area contributed by atoms with Crippen LogP contribution < -0.4 is 0 Å². The molecular weight excluding hydrogens is 280 g/mol. The molecule has 0 aliphatic rings. The Morgan fingerprint density at radius 3 is 1.61 bits per heavy atom. The maximum atomic E-state index is 4.40. The smallest absolute Gasteiger partial charge is 0.0655 e. The molecule has 0 N–H and O–H groups in total. The van der Waals surface area contributed by atoms with Gasteiger partial charge in [0.15, 0.2) is 0 Å². The number of allylic oxidation sites excluding steroid dienone is 4. The van der Waals surface area contributed by atoms with Crippen molar-refractivity contribution in [2.75, 3.05) is 0 Å². The van der Waals surface area contributed by atoms with Crippen LogP contribution in [0.25, 0.3) is 11.1 Å². The van der Waals surface area contributed by atoms with Crippen LogP contribution in [0.4, 0.5) is 0 Å². The Morgan fingerprint density at radius 2 is 1.26 bits per heavy atom. The molecule has 0 fully saturated rings. The molecule has 0 spiro atoms. The first-order valence-corrected chi connectivity index (χ1v) is 8.14. The van der Waals surface area contributed by atoms with Crippen molar-refractivity contribution < 1.29 is 0 Å². The molecule has 2 heteroatoms. The minimum Gasteiger partial charge on any atom is -0.257 e. The minimum atomic E-state index is 0.214. The van der Waals surface area contributed by atoms with Gasteiger partial charge >= 0.3 is 0 Å². The lowest BCUT2D eigenvalue weighted by Gasteiger charge is -2.22. The number of aromatic nitrogens is 2. The van der Waals surface area contributed by atoms with Gasteiger partial charge in [-0.05, 0) is 67.5 Å². The van der Waals surface area contributed by atoms with Crippen LogP contribution in [0.1, 0.15) is 51.9 Å². The quantitative estimate of drug-likeness (QED) is 0.675. The third-order valence-corrected chi connectivity index (χ3v) is 4.06. The Balaban J connectivity index is 1.99. The first-order chi connectivity index (χ1) is 11.0. The van der Waals surface area contributed by atoms with E-state index in [1.165, 1.54) is 11.1 Å². The van der Waals surface area contributed by atoms with Gasteiger partial charge in [-0.2, -0.15) is 0 Å². The maximum absolute atomic E-state index is 4.40. The van der Waals surface area contributed by atoms with E-state index in [1.54, 1.807) is 0 Å². The van der Waals surface area contributed by atoms with E-state index in [2.05, 4.69) is 61.9 Å². The van der Waals surface area contributed by atoms with E-state index >= 15 is 0 Å². The summed E-state index contributed by atoms with van der Waals surface area (Å²) in [5, 5.41) is 0. The second-order valence-corrected chi connectivity index (χ2v) is 6.78. The normalized spacial score (nSPS) is 13.2. The van der Waals surface area contributed by atoms with Gasteiger partial charge in [0.25, 0.3) is 0 Å². The Labute approximate surface area is 140 Å². The molecule has 0 bridgehead atoms. The summed E-state index contributed by atoms with van der Waals surface area (Å²) in [5.74, 6) is 0. The van der Waals surface area contributed by atoms with Crippen LogP contribution in [0.15, 0.2) is 60.9 Å². The van der Waals surface area contributed by atoms with E-state index in [0.29, 0.717) is 0 Å².